The van der Waals surface area contributed by atoms with Gasteiger partial charge < -0.3 is 5.32 Å². The molecule has 0 aliphatic carbocycles. The number of urea groups is 1. The monoisotopic (exact) mass is 215 g/mol. The smallest absolute Gasteiger partial charge is 0.316 e. The number of aryl methyl sites for hydroxylation is 1. The number of aromatic nitrogens is 1. The topological polar surface area (TPSA) is 71.1 Å². The fourth-order valence-electron chi connectivity index (χ4n) is 1.22. The van der Waals surface area contributed by atoms with Crippen molar-refractivity contribution >= 4 is 11.9 Å². The molecule has 1 saturated heterocycles. The number of pyridine rings is 1. The van der Waals surface area contributed by atoms with Crippen molar-refractivity contribution in [3.63, 3.8) is 0 Å². The van der Waals surface area contributed by atoms with E-state index in [-0.39, 0.29) is 0 Å². The van der Waals surface area contributed by atoms with Crippen molar-refractivity contribution in [2.24, 2.45) is 0 Å². The number of rotatable bonds is 0. The molecular weight excluding hydrogens is 206 g/mol. The van der Waals surface area contributed by atoms with Crippen LogP contribution in [0.4, 0.5) is 4.79 Å². The summed E-state index contributed by atoms with van der Waals surface area (Å²) < 4.78 is 0. The molecular formula is C11H9N3O2. The van der Waals surface area contributed by atoms with Gasteiger partial charge in [0.05, 0.1) is 0 Å². The maximum Gasteiger partial charge on any atom is 0.322 e. The summed E-state index contributed by atoms with van der Waals surface area (Å²) in [6, 6.07) is 2.36. The van der Waals surface area contributed by atoms with Gasteiger partial charge in [-0.3, -0.25) is 15.1 Å². The average Bonchev–Trinajstić information content (AvgIpc) is 2.57. The molecule has 0 spiro atoms. The largest absolute Gasteiger partial charge is 0.322 e. The van der Waals surface area contributed by atoms with Crippen LogP contribution in [-0.2, 0) is 4.79 Å². The molecule has 1 atom stereocenters. The first-order valence-corrected chi connectivity index (χ1v) is 4.71. The average molecular weight is 215 g/mol. The van der Waals surface area contributed by atoms with Crippen LogP contribution >= 0.6 is 0 Å². The van der Waals surface area contributed by atoms with E-state index in [0.29, 0.717) is 5.56 Å². The minimum absolute atomic E-state index is 0.419. The Bertz CT molecular complexity index is 496. The van der Waals surface area contributed by atoms with E-state index < -0.39 is 18.0 Å². The Morgan fingerprint density at radius 2 is 2.19 bits per heavy atom. The maximum atomic E-state index is 11.1. The van der Waals surface area contributed by atoms with Crippen LogP contribution in [0.2, 0.25) is 0 Å². The molecule has 1 aliphatic rings. The van der Waals surface area contributed by atoms with E-state index in [0.717, 1.165) is 5.69 Å². The standard InChI is InChI=1S/C11H9N3O2/c1-7-2-3-8(6-12-7)4-5-9-10(15)14-11(16)13-9/h2-3,6,9H,1H3,(H2,13,14,15,16). The van der Waals surface area contributed by atoms with Crippen LogP contribution in [0.3, 0.4) is 0 Å². The third kappa shape index (κ3) is 2.17. The van der Waals surface area contributed by atoms with Gasteiger partial charge in [0.15, 0.2) is 6.04 Å². The number of nitrogens with one attached hydrogen (secondary N) is 2. The molecule has 0 radical (unpaired) electrons. The molecule has 1 unspecified atom stereocenters. The van der Waals surface area contributed by atoms with Crippen molar-refractivity contribution in [2.75, 3.05) is 0 Å². The van der Waals surface area contributed by atoms with Crippen molar-refractivity contribution in [1.82, 2.24) is 15.6 Å². The number of hydrogen-bond acceptors (Lipinski definition) is 3. The van der Waals surface area contributed by atoms with E-state index in [2.05, 4.69) is 27.5 Å². The highest BCUT2D eigenvalue weighted by Gasteiger charge is 2.27. The van der Waals surface area contributed by atoms with Gasteiger partial charge >= 0.3 is 6.03 Å². The Balaban J connectivity index is 2.13. The Hall–Kier alpha value is -2.35. The summed E-state index contributed by atoms with van der Waals surface area (Å²) >= 11 is 0. The number of hydrogen-bond donors (Lipinski definition) is 2. The van der Waals surface area contributed by atoms with Gasteiger partial charge in [-0.05, 0) is 19.1 Å². The molecule has 2 heterocycles. The zero-order valence-corrected chi connectivity index (χ0v) is 8.57. The first-order chi connectivity index (χ1) is 7.65. The lowest BCUT2D eigenvalue weighted by atomic mass is 10.2. The van der Waals surface area contributed by atoms with Crippen LogP contribution in [0.1, 0.15) is 11.3 Å². The van der Waals surface area contributed by atoms with Gasteiger partial charge in [0.1, 0.15) is 0 Å². The minimum Gasteiger partial charge on any atom is -0.316 e. The molecule has 16 heavy (non-hydrogen) atoms. The molecule has 2 rings (SSSR count). The van der Waals surface area contributed by atoms with Gasteiger partial charge in [-0.25, -0.2) is 4.79 Å². The summed E-state index contributed by atoms with van der Waals surface area (Å²) in [5, 5.41) is 4.50. The normalized spacial score (nSPS) is 18.4. The minimum atomic E-state index is -0.770. The zero-order valence-electron chi connectivity index (χ0n) is 8.57. The number of nitrogens with zero attached hydrogens (tertiary/aromatic N) is 1. The highest BCUT2D eigenvalue weighted by atomic mass is 16.2. The molecule has 3 amide bonds. The van der Waals surface area contributed by atoms with Gasteiger partial charge in [-0.2, -0.15) is 0 Å². The molecule has 1 aliphatic heterocycles. The maximum absolute atomic E-state index is 11.1. The third-order valence-corrected chi connectivity index (χ3v) is 2.05. The Labute approximate surface area is 92.3 Å². The van der Waals surface area contributed by atoms with Crippen LogP contribution in [0.5, 0.6) is 0 Å². The summed E-state index contributed by atoms with van der Waals surface area (Å²) in [6.45, 7) is 1.88. The summed E-state index contributed by atoms with van der Waals surface area (Å²) in [5.41, 5.74) is 1.61. The molecule has 1 aromatic heterocycles. The second-order valence-electron chi connectivity index (χ2n) is 3.35. The molecule has 5 nitrogen and oxygen atoms in total. The molecule has 0 bridgehead atoms. The molecule has 80 valence electrons. The lowest BCUT2D eigenvalue weighted by molar-refractivity contribution is -0.119. The number of carbonyl (C=O) groups excluding carboxylic acids is 2. The van der Waals surface area contributed by atoms with Gasteiger partial charge in [0, 0.05) is 17.5 Å². The first-order valence-electron chi connectivity index (χ1n) is 4.71. The predicted molar refractivity (Wildman–Crippen MR) is 56.3 cm³/mol. The quantitative estimate of drug-likeness (QED) is 0.471. The van der Waals surface area contributed by atoms with Crippen molar-refractivity contribution in [2.45, 2.75) is 13.0 Å². The number of carbonyl (C=O) groups is 2. The Kier molecular flexibility index (Phi) is 2.56. The van der Waals surface area contributed by atoms with Crippen LogP contribution in [-0.4, -0.2) is 23.0 Å². The van der Waals surface area contributed by atoms with Crippen LogP contribution in [0, 0.1) is 18.8 Å². The van der Waals surface area contributed by atoms with E-state index in [1.807, 2.05) is 19.1 Å². The molecule has 2 N–H and O–H groups in total. The highest BCUT2D eigenvalue weighted by Crippen LogP contribution is 1.98. The SMILES string of the molecule is Cc1ccc(C#CC2NC(=O)NC2=O)cn1. The van der Waals surface area contributed by atoms with Crippen molar-refractivity contribution in [3.8, 4) is 11.8 Å². The number of imide groups is 1. The van der Waals surface area contributed by atoms with Gasteiger partial charge in [0.2, 0.25) is 0 Å². The lowest BCUT2D eigenvalue weighted by Crippen LogP contribution is -2.26. The van der Waals surface area contributed by atoms with Crippen LogP contribution in [0.25, 0.3) is 0 Å². The van der Waals surface area contributed by atoms with E-state index in [9.17, 15) is 9.59 Å². The van der Waals surface area contributed by atoms with Gasteiger partial charge in [-0.15, -0.1) is 0 Å². The van der Waals surface area contributed by atoms with Gasteiger partial charge in [0.25, 0.3) is 5.91 Å². The van der Waals surface area contributed by atoms with E-state index >= 15 is 0 Å². The molecule has 0 saturated carbocycles. The van der Waals surface area contributed by atoms with E-state index in [1.54, 1.807) is 6.20 Å². The zero-order chi connectivity index (χ0) is 11.5. The fraction of sp³-hybridized carbons (Fsp3) is 0.182. The lowest BCUT2D eigenvalue weighted by Gasteiger charge is -1.95. The number of amides is 3. The highest BCUT2D eigenvalue weighted by molar-refractivity contribution is 6.05. The first kappa shape index (κ1) is 10.2. The molecule has 5 heteroatoms. The van der Waals surface area contributed by atoms with Crippen molar-refractivity contribution in [3.05, 3.63) is 29.6 Å². The van der Waals surface area contributed by atoms with E-state index in [1.165, 1.54) is 0 Å². The third-order valence-electron chi connectivity index (χ3n) is 2.05. The summed E-state index contributed by atoms with van der Waals surface area (Å²) in [6.07, 6.45) is 1.62. The van der Waals surface area contributed by atoms with Crippen molar-refractivity contribution in [1.29, 1.82) is 0 Å². The second-order valence-corrected chi connectivity index (χ2v) is 3.35. The summed E-state index contributed by atoms with van der Waals surface area (Å²) in [7, 11) is 0. The van der Waals surface area contributed by atoms with Crippen molar-refractivity contribution < 1.29 is 9.59 Å². The van der Waals surface area contributed by atoms with E-state index in [4.69, 9.17) is 0 Å². The fourth-order valence-corrected chi connectivity index (χ4v) is 1.22. The van der Waals surface area contributed by atoms with Gasteiger partial charge in [-0.1, -0.05) is 11.8 Å². The van der Waals surface area contributed by atoms with Crippen LogP contribution in [0.15, 0.2) is 18.3 Å². The summed E-state index contributed by atoms with van der Waals surface area (Å²) in [5.74, 6) is 5.02. The Morgan fingerprint density at radius 3 is 2.75 bits per heavy atom. The predicted octanol–water partition coefficient (Wildman–Crippen LogP) is -0.0505. The van der Waals surface area contributed by atoms with Crippen LogP contribution < -0.4 is 10.6 Å². The second kappa shape index (κ2) is 4.03. The Morgan fingerprint density at radius 1 is 1.38 bits per heavy atom. The summed E-state index contributed by atoms with van der Waals surface area (Å²) in [4.78, 5) is 26.0. The molecule has 1 aromatic rings. The molecule has 1 fully saturated rings. The molecule has 0 aromatic carbocycles.